The van der Waals surface area contributed by atoms with E-state index in [2.05, 4.69) is 25.9 Å². The van der Waals surface area contributed by atoms with Crippen molar-refractivity contribution >= 4 is 11.7 Å². The number of hydrogen-bond acceptors (Lipinski definition) is 6. The summed E-state index contributed by atoms with van der Waals surface area (Å²) in [5.41, 5.74) is 0.522. The number of aryl methyl sites for hydroxylation is 2. The first-order valence-electron chi connectivity index (χ1n) is 7.44. The lowest BCUT2D eigenvalue weighted by Crippen LogP contribution is -2.12. The van der Waals surface area contributed by atoms with E-state index < -0.39 is 0 Å². The van der Waals surface area contributed by atoms with Crippen LogP contribution in [0.3, 0.4) is 0 Å². The zero-order valence-corrected chi connectivity index (χ0v) is 13.4. The number of carbonyl (C=O) groups is 1. The molecule has 2 heterocycles. The van der Waals surface area contributed by atoms with Gasteiger partial charge in [-0.1, -0.05) is 0 Å². The van der Waals surface area contributed by atoms with Gasteiger partial charge in [0, 0.05) is 31.4 Å². The highest BCUT2D eigenvalue weighted by Crippen LogP contribution is 2.14. The van der Waals surface area contributed by atoms with E-state index in [0.29, 0.717) is 23.0 Å². The molecule has 124 valence electrons. The van der Waals surface area contributed by atoms with E-state index in [0.717, 1.165) is 6.54 Å². The summed E-state index contributed by atoms with van der Waals surface area (Å²) in [6.45, 7) is 2.99. The molecular weight excluding hydrogens is 310 g/mol. The lowest BCUT2D eigenvalue weighted by Gasteiger charge is -2.06. The van der Waals surface area contributed by atoms with Crippen molar-refractivity contribution in [2.24, 2.45) is 7.05 Å². The predicted molar refractivity (Wildman–Crippen MR) is 85.4 cm³/mol. The van der Waals surface area contributed by atoms with Gasteiger partial charge in [-0.05, 0) is 41.6 Å². The van der Waals surface area contributed by atoms with E-state index in [1.165, 1.54) is 4.68 Å². The molecule has 1 N–H and O–H groups in total. The van der Waals surface area contributed by atoms with Crippen molar-refractivity contribution in [1.29, 1.82) is 0 Å². The van der Waals surface area contributed by atoms with Crippen LogP contribution in [0.25, 0.3) is 0 Å². The maximum atomic E-state index is 12.2. The predicted octanol–water partition coefficient (Wildman–Crippen LogP) is 1.26. The zero-order chi connectivity index (χ0) is 16.9. The minimum Gasteiger partial charge on any atom is -0.486 e. The van der Waals surface area contributed by atoms with Crippen molar-refractivity contribution in [3.8, 4) is 5.75 Å². The molecule has 2 aromatic heterocycles. The summed E-state index contributed by atoms with van der Waals surface area (Å²) in [4.78, 5) is 12.2. The molecule has 0 bridgehead atoms. The average Bonchev–Trinajstić information content (AvgIpc) is 3.22. The SMILES string of the molecule is CCn1ccc(NC(=O)c2ccc(OCc3nnnn3C)cc2)n1. The minimum atomic E-state index is -0.222. The summed E-state index contributed by atoms with van der Waals surface area (Å²) in [5, 5.41) is 18.1. The largest absolute Gasteiger partial charge is 0.486 e. The van der Waals surface area contributed by atoms with Crippen LogP contribution in [-0.2, 0) is 20.2 Å². The summed E-state index contributed by atoms with van der Waals surface area (Å²) >= 11 is 0. The highest BCUT2D eigenvalue weighted by Gasteiger charge is 2.09. The number of hydrogen-bond donors (Lipinski definition) is 1. The van der Waals surface area contributed by atoms with E-state index >= 15 is 0 Å². The molecule has 0 aliphatic rings. The first-order valence-corrected chi connectivity index (χ1v) is 7.44. The standard InChI is InChI=1S/C15H17N7O2/c1-3-22-9-8-13(18-22)16-15(23)11-4-6-12(7-5-11)24-10-14-17-19-20-21(14)2/h4-9H,3,10H2,1-2H3,(H,16,18,23). The molecule has 0 aliphatic carbocycles. The van der Waals surface area contributed by atoms with Crippen molar-refractivity contribution in [2.75, 3.05) is 5.32 Å². The third-order valence-corrected chi connectivity index (χ3v) is 3.40. The first kappa shape index (κ1) is 15.7. The Morgan fingerprint density at radius 2 is 2.04 bits per heavy atom. The maximum absolute atomic E-state index is 12.2. The van der Waals surface area contributed by atoms with Crippen molar-refractivity contribution < 1.29 is 9.53 Å². The Bertz CT molecular complexity index is 822. The second kappa shape index (κ2) is 6.90. The van der Waals surface area contributed by atoms with Crippen molar-refractivity contribution in [3.05, 3.63) is 47.9 Å². The Morgan fingerprint density at radius 1 is 1.25 bits per heavy atom. The van der Waals surface area contributed by atoms with Crippen LogP contribution in [0.2, 0.25) is 0 Å². The second-order valence-corrected chi connectivity index (χ2v) is 5.04. The van der Waals surface area contributed by atoms with Crippen LogP contribution >= 0.6 is 0 Å². The normalized spacial score (nSPS) is 10.6. The molecule has 0 saturated heterocycles. The molecule has 0 radical (unpaired) electrons. The molecule has 0 saturated carbocycles. The Labute approximate surface area is 138 Å². The highest BCUT2D eigenvalue weighted by molar-refractivity contribution is 6.03. The van der Waals surface area contributed by atoms with Crippen LogP contribution in [0.1, 0.15) is 23.1 Å². The molecule has 1 aromatic carbocycles. The number of nitrogens with zero attached hydrogens (tertiary/aromatic N) is 6. The van der Waals surface area contributed by atoms with Gasteiger partial charge >= 0.3 is 0 Å². The van der Waals surface area contributed by atoms with Gasteiger partial charge < -0.3 is 10.1 Å². The van der Waals surface area contributed by atoms with Crippen molar-refractivity contribution in [2.45, 2.75) is 20.1 Å². The highest BCUT2D eigenvalue weighted by atomic mass is 16.5. The number of carbonyl (C=O) groups excluding carboxylic acids is 1. The lowest BCUT2D eigenvalue weighted by molar-refractivity contribution is 0.102. The third kappa shape index (κ3) is 3.57. The van der Waals surface area contributed by atoms with Crippen molar-refractivity contribution in [3.63, 3.8) is 0 Å². The van der Waals surface area contributed by atoms with E-state index in [-0.39, 0.29) is 12.5 Å². The fourth-order valence-corrected chi connectivity index (χ4v) is 2.01. The van der Waals surface area contributed by atoms with Crippen LogP contribution in [0, 0.1) is 0 Å². The monoisotopic (exact) mass is 327 g/mol. The molecule has 0 spiro atoms. The fraction of sp³-hybridized carbons (Fsp3) is 0.267. The molecule has 0 fully saturated rings. The molecule has 0 aliphatic heterocycles. The number of ether oxygens (including phenoxy) is 1. The van der Waals surface area contributed by atoms with Crippen LogP contribution in [0.15, 0.2) is 36.5 Å². The molecule has 24 heavy (non-hydrogen) atoms. The summed E-state index contributed by atoms with van der Waals surface area (Å²) in [6, 6.07) is 8.59. The van der Waals surface area contributed by atoms with E-state index in [1.54, 1.807) is 42.1 Å². The summed E-state index contributed by atoms with van der Waals surface area (Å²) in [7, 11) is 1.74. The van der Waals surface area contributed by atoms with Crippen LogP contribution in [-0.4, -0.2) is 35.9 Å². The minimum absolute atomic E-state index is 0.222. The van der Waals surface area contributed by atoms with Gasteiger partial charge in [0.15, 0.2) is 11.6 Å². The van der Waals surface area contributed by atoms with Gasteiger partial charge in [-0.3, -0.25) is 9.48 Å². The number of aromatic nitrogens is 6. The summed E-state index contributed by atoms with van der Waals surface area (Å²) < 4.78 is 8.87. The Morgan fingerprint density at radius 3 is 2.67 bits per heavy atom. The van der Waals surface area contributed by atoms with Crippen molar-refractivity contribution in [1.82, 2.24) is 30.0 Å². The van der Waals surface area contributed by atoms with Gasteiger partial charge in [0.05, 0.1) is 0 Å². The molecule has 9 nitrogen and oxygen atoms in total. The van der Waals surface area contributed by atoms with Crippen LogP contribution in [0.4, 0.5) is 5.82 Å². The fourth-order valence-electron chi connectivity index (χ4n) is 2.01. The zero-order valence-electron chi connectivity index (χ0n) is 13.4. The molecule has 3 rings (SSSR count). The number of tetrazole rings is 1. The molecule has 3 aromatic rings. The topological polar surface area (TPSA) is 99.8 Å². The van der Waals surface area contributed by atoms with Gasteiger partial charge in [-0.2, -0.15) is 5.10 Å². The quantitative estimate of drug-likeness (QED) is 0.731. The molecule has 9 heteroatoms. The Kier molecular flexibility index (Phi) is 4.50. The summed E-state index contributed by atoms with van der Waals surface area (Å²) in [6.07, 6.45) is 1.81. The second-order valence-electron chi connectivity index (χ2n) is 5.04. The third-order valence-electron chi connectivity index (χ3n) is 3.40. The lowest BCUT2D eigenvalue weighted by atomic mass is 10.2. The molecule has 1 amide bonds. The van der Waals surface area contributed by atoms with E-state index in [1.807, 2.05) is 13.1 Å². The van der Waals surface area contributed by atoms with E-state index in [4.69, 9.17) is 4.74 Å². The Balaban J connectivity index is 1.59. The molecular formula is C15H17N7O2. The molecule has 0 atom stereocenters. The summed E-state index contributed by atoms with van der Waals surface area (Å²) in [5.74, 6) is 1.55. The van der Waals surface area contributed by atoms with Crippen LogP contribution in [0.5, 0.6) is 5.75 Å². The molecule has 0 unspecified atom stereocenters. The smallest absolute Gasteiger partial charge is 0.256 e. The van der Waals surface area contributed by atoms with Gasteiger partial charge in [-0.25, -0.2) is 4.68 Å². The van der Waals surface area contributed by atoms with E-state index in [9.17, 15) is 4.79 Å². The number of nitrogens with one attached hydrogen (secondary N) is 1. The number of amides is 1. The van der Waals surface area contributed by atoms with Gasteiger partial charge in [-0.15, -0.1) is 5.10 Å². The Hall–Kier alpha value is -3.23. The van der Waals surface area contributed by atoms with Gasteiger partial charge in [0.25, 0.3) is 5.91 Å². The average molecular weight is 327 g/mol. The van der Waals surface area contributed by atoms with Gasteiger partial charge in [0.2, 0.25) is 0 Å². The van der Waals surface area contributed by atoms with Crippen LogP contribution < -0.4 is 10.1 Å². The number of benzene rings is 1. The number of rotatable bonds is 6. The first-order chi connectivity index (χ1) is 11.7. The maximum Gasteiger partial charge on any atom is 0.256 e. The number of anilines is 1. The van der Waals surface area contributed by atoms with Gasteiger partial charge in [0.1, 0.15) is 12.4 Å².